The Hall–Kier alpha value is -0.410. The summed E-state index contributed by atoms with van der Waals surface area (Å²) in [6, 6.07) is 0. The molecule has 1 aromatic heterocycles. The number of hydrogen-bond acceptors (Lipinski definition) is 3. The van der Waals surface area contributed by atoms with E-state index in [0.29, 0.717) is 6.54 Å². The second-order valence-electron chi connectivity index (χ2n) is 3.94. The summed E-state index contributed by atoms with van der Waals surface area (Å²) in [6.07, 6.45) is 8.77. The molecule has 0 aliphatic carbocycles. The van der Waals surface area contributed by atoms with Crippen LogP contribution in [0, 0.1) is 0 Å². The van der Waals surface area contributed by atoms with Gasteiger partial charge in [-0.25, -0.2) is 4.98 Å². The third kappa shape index (κ3) is 5.28. The number of hydrogen-bond donors (Lipinski definition) is 1. The molecule has 0 aromatic carbocycles. The van der Waals surface area contributed by atoms with Crippen LogP contribution in [0.2, 0.25) is 0 Å². The average Bonchev–Trinajstić information content (AvgIpc) is 2.66. The highest BCUT2D eigenvalue weighted by Crippen LogP contribution is 2.14. The molecule has 0 aliphatic rings. The second kappa shape index (κ2) is 7.83. The Morgan fingerprint density at radius 2 is 2.00 bits per heavy atom. The van der Waals surface area contributed by atoms with Crippen molar-refractivity contribution in [1.82, 2.24) is 4.98 Å². The van der Waals surface area contributed by atoms with Crippen LogP contribution in [-0.2, 0) is 12.8 Å². The van der Waals surface area contributed by atoms with Gasteiger partial charge in [0.2, 0.25) is 0 Å². The van der Waals surface area contributed by atoms with Gasteiger partial charge in [0.1, 0.15) is 0 Å². The summed E-state index contributed by atoms with van der Waals surface area (Å²) in [4.78, 5) is 4.56. The molecule has 15 heavy (non-hydrogen) atoms. The van der Waals surface area contributed by atoms with Crippen molar-refractivity contribution in [2.75, 3.05) is 6.54 Å². The summed E-state index contributed by atoms with van der Waals surface area (Å²) in [7, 11) is 0. The summed E-state index contributed by atoms with van der Waals surface area (Å²) in [5.74, 6) is 0. The molecule has 0 spiro atoms. The third-order valence-corrected chi connectivity index (χ3v) is 3.45. The molecule has 0 fully saturated rings. The molecule has 0 radical (unpaired) electrons. The fraction of sp³-hybridized carbons (Fsp3) is 0.750. The predicted molar refractivity (Wildman–Crippen MR) is 67.3 cm³/mol. The van der Waals surface area contributed by atoms with Gasteiger partial charge in [-0.2, -0.15) is 0 Å². The van der Waals surface area contributed by atoms with Crippen LogP contribution in [0.1, 0.15) is 49.7 Å². The number of aryl methyl sites for hydroxylation is 1. The first-order valence-corrected chi connectivity index (χ1v) is 6.88. The predicted octanol–water partition coefficient (Wildman–Crippen LogP) is 3.16. The zero-order valence-corrected chi connectivity index (χ0v) is 10.5. The minimum absolute atomic E-state index is 0.708. The van der Waals surface area contributed by atoms with Crippen LogP contribution in [0.3, 0.4) is 0 Å². The summed E-state index contributed by atoms with van der Waals surface area (Å²) in [5, 5.41) is 3.43. The first kappa shape index (κ1) is 12.7. The van der Waals surface area contributed by atoms with Gasteiger partial charge in [0, 0.05) is 11.8 Å². The van der Waals surface area contributed by atoms with E-state index in [4.69, 9.17) is 5.73 Å². The van der Waals surface area contributed by atoms with E-state index in [2.05, 4.69) is 17.3 Å². The van der Waals surface area contributed by atoms with Crippen LogP contribution in [0.15, 0.2) is 5.38 Å². The first-order valence-electron chi connectivity index (χ1n) is 6.00. The minimum atomic E-state index is 0.708. The van der Waals surface area contributed by atoms with Gasteiger partial charge in [-0.05, 0) is 19.4 Å². The van der Waals surface area contributed by atoms with E-state index in [1.807, 2.05) is 0 Å². The normalized spacial score (nSPS) is 10.8. The Bertz CT molecular complexity index is 258. The highest BCUT2D eigenvalue weighted by Gasteiger charge is 2.00. The van der Waals surface area contributed by atoms with Crippen molar-refractivity contribution in [2.24, 2.45) is 5.73 Å². The second-order valence-corrected chi connectivity index (χ2v) is 4.88. The van der Waals surface area contributed by atoms with Gasteiger partial charge in [0.15, 0.2) is 0 Å². The van der Waals surface area contributed by atoms with Crippen LogP contribution in [-0.4, -0.2) is 11.5 Å². The van der Waals surface area contributed by atoms with E-state index in [1.165, 1.54) is 42.8 Å². The molecular formula is C12H22N2S. The third-order valence-electron chi connectivity index (χ3n) is 2.49. The van der Waals surface area contributed by atoms with E-state index in [1.54, 1.807) is 11.3 Å². The molecule has 0 saturated heterocycles. The molecule has 0 saturated carbocycles. The quantitative estimate of drug-likeness (QED) is 0.692. The van der Waals surface area contributed by atoms with E-state index in [-0.39, 0.29) is 0 Å². The zero-order chi connectivity index (χ0) is 10.9. The Balaban J connectivity index is 2.14. The topological polar surface area (TPSA) is 38.9 Å². The van der Waals surface area contributed by atoms with Crippen molar-refractivity contribution < 1.29 is 0 Å². The van der Waals surface area contributed by atoms with Gasteiger partial charge in [-0.15, -0.1) is 11.3 Å². The van der Waals surface area contributed by atoms with E-state index in [9.17, 15) is 0 Å². The van der Waals surface area contributed by atoms with Crippen molar-refractivity contribution in [3.05, 3.63) is 16.1 Å². The molecule has 1 heterocycles. The maximum Gasteiger partial charge on any atom is 0.0928 e. The van der Waals surface area contributed by atoms with Crippen LogP contribution in [0.4, 0.5) is 0 Å². The lowest BCUT2D eigenvalue weighted by Crippen LogP contribution is -2.02. The summed E-state index contributed by atoms with van der Waals surface area (Å²) < 4.78 is 0. The maximum absolute atomic E-state index is 5.49. The van der Waals surface area contributed by atoms with Crippen molar-refractivity contribution >= 4 is 11.3 Å². The highest BCUT2D eigenvalue weighted by molar-refractivity contribution is 7.09. The van der Waals surface area contributed by atoms with Gasteiger partial charge in [0.25, 0.3) is 0 Å². The SMILES string of the molecule is CCCCCCCc1nc(CCN)cs1. The van der Waals surface area contributed by atoms with Crippen molar-refractivity contribution in [3.8, 4) is 0 Å². The Kier molecular flexibility index (Phi) is 6.60. The van der Waals surface area contributed by atoms with Crippen molar-refractivity contribution in [3.63, 3.8) is 0 Å². The van der Waals surface area contributed by atoms with Gasteiger partial charge in [0.05, 0.1) is 10.7 Å². The van der Waals surface area contributed by atoms with E-state index in [0.717, 1.165) is 12.8 Å². The fourth-order valence-electron chi connectivity index (χ4n) is 1.61. The maximum atomic E-state index is 5.49. The van der Waals surface area contributed by atoms with Gasteiger partial charge >= 0.3 is 0 Å². The Morgan fingerprint density at radius 1 is 1.20 bits per heavy atom. The standard InChI is InChI=1S/C12H22N2S/c1-2-3-4-5-6-7-12-14-11(8-9-13)10-15-12/h10H,2-9,13H2,1H3. The highest BCUT2D eigenvalue weighted by atomic mass is 32.1. The largest absolute Gasteiger partial charge is 0.330 e. The number of unbranched alkanes of at least 4 members (excludes halogenated alkanes) is 4. The molecule has 1 aromatic rings. The van der Waals surface area contributed by atoms with Crippen LogP contribution in [0.25, 0.3) is 0 Å². The van der Waals surface area contributed by atoms with Crippen molar-refractivity contribution in [1.29, 1.82) is 0 Å². The minimum Gasteiger partial charge on any atom is -0.330 e. The lowest BCUT2D eigenvalue weighted by molar-refractivity contribution is 0.631. The fourth-order valence-corrected chi connectivity index (χ4v) is 2.48. The smallest absolute Gasteiger partial charge is 0.0928 e. The van der Waals surface area contributed by atoms with Gasteiger partial charge in [-0.3, -0.25) is 0 Å². The van der Waals surface area contributed by atoms with Crippen LogP contribution < -0.4 is 5.73 Å². The molecule has 0 unspecified atom stereocenters. The number of aromatic nitrogens is 1. The monoisotopic (exact) mass is 226 g/mol. The summed E-state index contributed by atoms with van der Waals surface area (Å²) in [6.45, 7) is 2.96. The van der Waals surface area contributed by atoms with Gasteiger partial charge < -0.3 is 5.73 Å². The molecular weight excluding hydrogens is 204 g/mol. The number of thiazole rings is 1. The number of rotatable bonds is 8. The van der Waals surface area contributed by atoms with E-state index >= 15 is 0 Å². The van der Waals surface area contributed by atoms with Crippen LogP contribution in [0.5, 0.6) is 0 Å². The van der Waals surface area contributed by atoms with Crippen LogP contribution >= 0.6 is 11.3 Å². The molecule has 0 amide bonds. The van der Waals surface area contributed by atoms with Gasteiger partial charge in [-0.1, -0.05) is 32.6 Å². The summed E-state index contributed by atoms with van der Waals surface area (Å²) in [5.41, 5.74) is 6.66. The summed E-state index contributed by atoms with van der Waals surface area (Å²) >= 11 is 1.79. The van der Waals surface area contributed by atoms with E-state index < -0.39 is 0 Å². The molecule has 86 valence electrons. The molecule has 2 N–H and O–H groups in total. The molecule has 0 atom stereocenters. The lowest BCUT2D eigenvalue weighted by atomic mass is 10.1. The average molecular weight is 226 g/mol. The molecule has 3 heteroatoms. The molecule has 1 rings (SSSR count). The number of nitrogens with two attached hydrogens (primary N) is 1. The number of nitrogens with zero attached hydrogens (tertiary/aromatic N) is 1. The first-order chi connectivity index (χ1) is 7.36. The van der Waals surface area contributed by atoms with Crippen molar-refractivity contribution in [2.45, 2.75) is 51.9 Å². The Morgan fingerprint density at radius 3 is 2.73 bits per heavy atom. The molecule has 0 bridgehead atoms. The Labute approximate surface area is 96.9 Å². The zero-order valence-electron chi connectivity index (χ0n) is 9.67. The molecule has 2 nitrogen and oxygen atoms in total. The lowest BCUT2D eigenvalue weighted by Gasteiger charge is -1.97. The molecule has 0 aliphatic heterocycles.